The summed E-state index contributed by atoms with van der Waals surface area (Å²) in [5, 5.41) is 3.08. The lowest BCUT2D eigenvalue weighted by molar-refractivity contribution is -0.127. The molecule has 1 aromatic rings. The van der Waals surface area contributed by atoms with Crippen LogP contribution in [0.2, 0.25) is 0 Å². The number of carbonyl (C=O) groups is 2. The minimum atomic E-state index is -0.606. The molecule has 39 heavy (non-hydrogen) atoms. The first-order chi connectivity index (χ1) is 18.7. The maximum absolute atomic E-state index is 13.9. The molecule has 2 N–H and O–H groups in total. The number of aromatic amines is 1. The van der Waals surface area contributed by atoms with E-state index >= 15 is 0 Å². The van der Waals surface area contributed by atoms with Crippen LogP contribution in [-0.2, 0) is 20.9 Å². The number of carbonyl (C=O) groups excluding carboxylic acids is 2. The smallest absolute Gasteiger partial charge is 0.253 e. The Bertz CT molecular complexity index is 1250. The summed E-state index contributed by atoms with van der Waals surface area (Å²) in [5.41, 5.74) is 3.72. The third-order valence-electron chi connectivity index (χ3n) is 8.57. The van der Waals surface area contributed by atoms with Crippen molar-refractivity contribution >= 4 is 11.8 Å². The van der Waals surface area contributed by atoms with E-state index in [0.29, 0.717) is 31.1 Å². The van der Waals surface area contributed by atoms with Crippen molar-refractivity contribution in [2.24, 2.45) is 11.3 Å². The highest BCUT2D eigenvalue weighted by molar-refractivity contribution is 5.87. The number of amides is 2. The maximum atomic E-state index is 13.9. The molecule has 2 atom stereocenters. The number of rotatable bonds is 8. The lowest BCUT2D eigenvalue weighted by Crippen LogP contribution is -2.51. The van der Waals surface area contributed by atoms with Gasteiger partial charge in [-0.3, -0.25) is 14.4 Å². The van der Waals surface area contributed by atoms with Crippen LogP contribution in [-0.4, -0.2) is 65.5 Å². The number of hydrogen-bond acceptors (Lipinski definition) is 5. The lowest BCUT2D eigenvalue weighted by atomic mass is 9.64. The Labute approximate surface area is 231 Å². The van der Waals surface area contributed by atoms with E-state index in [1.54, 1.807) is 4.90 Å². The average molecular weight is 535 g/mol. The van der Waals surface area contributed by atoms with Gasteiger partial charge in [0.25, 0.3) is 5.56 Å². The van der Waals surface area contributed by atoms with Crippen molar-refractivity contribution < 1.29 is 14.3 Å². The summed E-state index contributed by atoms with van der Waals surface area (Å²) < 4.78 is 5.65. The molecule has 1 aliphatic carbocycles. The van der Waals surface area contributed by atoms with E-state index in [9.17, 15) is 14.4 Å². The number of allylic oxidation sites excluding steroid dienone is 3. The van der Waals surface area contributed by atoms with Crippen molar-refractivity contribution in [3.63, 3.8) is 0 Å². The van der Waals surface area contributed by atoms with Crippen molar-refractivity contribution in [1.29, 1.82) is 0 Å². The highest BCUT2D eigenvalue weighted by Gasteiger charge is 2.47. The number of nitrogens with zero attached hydrogens (tertiary/aromatic N) is 2. The van der Waals surface area contributed by atoms with E-state index in [0.717, 1.165) is 55.1 Å². The molecule has 3 aliphatic rings. The fraction of sp³-hybridized carbons (Fsp3) is 0.516. The lowest BCUT2D eigenvalue weighted by Gasteiger charge is -2.49. The summed E-state index contributed by atoms with van der Waals surface area (Å²) in [6.07, 6.45) is 12.1. The Morgan fingerprint density at radius 1 is 1.31 bits per heavy atom. The molecule has 0 radical (unpaired) electrons. The Hall–Kier alpha value is -3.39. The monoisotopic (exact) mass is 534 g/mol. The largest absolute Gasteiger partial charge is 0.381 e. The summed E-state index contributed by atoms with van der Waals surface area (Å²) in [6, 6.07) is 2.26. The van der Waals surface area contributed by atoms with Crippen LogP contribution >= 0.6 is 0 Å². The fourth-order valence-corrected chi connectivity index (χ4v) is 6.37. The average Bonchev–Trinajstić information content (AvgIpc) is 2.94. The highest BCUT2D eigenvalue weighted by Crippen LogP contribution is 2.49. The topological polar surface area (TPSA) is 94.7 Å². The second kappa shape index (κ2) is 12.2. The van der Waals surface area contributed by atoms with Crippen LogP contribution in [0.25, 0.3) is 0 Å². The first kappa shape index (κ1) is 28.6. The Kier molecular flexibility index (Phi) is 8.95. The minimum Gasteiger partial charge on any atom is -0.381 e. The zero-order valence-electron chi connectivity index (χ0n) is 23.7. The van der Waals surface area contributed by atoms with Crippen LogP contribution in [0.15, 0.2) is 59.1 Å². The molecule has 0 saturated carbocycles. The molecule has 0 aromatic carbocycles. The predicted molar refractivity (Wildman–Crippen MR) is 153 cm³/mol. The highest BCUT2D eigenvalue weighted by atomic mass is 16.5. The van der Waals surface area contributed by atoms with Crippen LogP contribution in [0, 0.1) is 25.2 Å². The predicted octanol–water partition coefficient (Wildman–Crippen LogP) is 3.53. The molecule has 3 heterocycles. The van der Waals surface area contributed by atoms with Crippen molar-refractivity contribution in [3.8, 4) is 0 Å². The van der Waals surface area contributed by atoms with Gasteiger partial charge < -0.3 is 24.8 Å². The van der Waals surface area contributed by atoms with Gasteiger partial charge in [-0.2, -0.15) is 0 Å². The molecule has 210 valence electrons. The molecule has 1 aromatic heterocycles. The third kappa shape index (κ3) is 5.81. The number of aromatic nitrogens is 1. The van der Waals surface area contributed by atoms with Gasteiger partial charge in [-0.05, 0) is 70.7 Å². The first-order valence-electron chi connectivity index (χ1n) is 14.0. The normalized spacial score (nSPS) is 23.6. The molecule has 2 amide bonds. The zero-order valence-corrected chi connectivity index (χ0v) is 23.7. The summed E-state index contributed by atoms with van der Waals surface area (Å²) >= 11 is 0. The van der Waals surface area contributed by atoms with Crippen LogP contribution in [0.1, 0.15) is 49.9 Å². The van der Waals surface area contributed by atoms with Gasteiger partial charge in [0.1, 0.15) is 0 Å². The van der Waals surface area contributed by atoms with Crippen LogP contribution < -0.4 is 10.9 Å². The molecular weight excluding hydrogens is 492 g/mol. The van der Waals surface area contributed by atoms with E-state index < -0.39 is 11.3 Å². The molecule has 2 aliphatic heterocycles. The molecule has 2 unspecified atom stereocenters. The Morgan fingerprint density at radius 2 is 2.05 bits per heavy atom. The molecule has 4 rings (SSSR count). The zero-order chi connectivity index (χ0) is 28.2. The van der Waals surface area contributed by atoms with E-state index in [4.69, 9.17) is 4.74 Å². The Morgan fingerprint density at radius 3 is 2.67 bits per heavy atom. The number of nitrogens with one attached hydrogen (secondary N) is 2. The molecule has 0 bridgehead atoms. The van der Waals surface area contributed by atoms with Crippen molar-refractivity contribution in [3.05, 3.63) is 81.5 Å². The second-order valence-corrected chi connectivity index (χ2v) is 10.9. The minimum absolute atomic E-state index is 0.0832. The van der Waals surface area contributed by atoms with Crippen LogP contribution in [0.3, 0.4) is 0 Å². The first-order valence-corrected chi connectivity index (χ1v) is 14.0. The quantitative estimate of drug-likeness (QED) is 0.393. The molecule has 8 heteroatoms. The molecule has 8 nitrogen and oxygen atoms in total. The van der Waals surface area contributed by atoms with Crippen molar-refractivity contribution in [2.45, 2.75) is 59.5 Å². The maximum Gasteiger partial charge on any atom is 0.253 e. The second-order valence-electron chi connectivity index (χ2n) is 10.9. The Balaban J connectivity index is 1.67. The number of ether oxygens (including phenoxy) is 1. The SMILES string of the molecule is C=CC(=O)N1CC=C(C2(C)C(N(CC)C3CCOCC3)=CC=CC2C(=O)NCc2c(C)cc(C)[nH]c2=O)CC1. The van der Waals surface area contributed by atoms with Gasteiger partial charge in [0, 0.05) is 67.8 Å². The van der Waals surface area contributed by atoms with E-state index in [1.165, 1.54) is 6.08 Å². The van der Waals surface area contributed by atoms with Crippen LogP contribution in [0.5, 0.6) is 0 Å². The van der Waals surface area contributed by atoms with E-state index in [2.05, 4.69) is 47.8 Å². The van der Waals surface area contributed by atoms with Crippen molar-refractivity contribution in [1.82, 2.24) is 20.1 Å². The molecule has 1 fully saturated rings. The van der Waals surface area contributed by atoms with Gasteiger partial charge in [-0.1, -0.05) is 30.4 Å². The number of H-pyrrole nitrogens is 1. The molecule has 1 saturated heterocycles. The van der Waals surface area contributed by atoms with Crippen molar-refractivity contribution in [2.75, 3.05) is 32.8 Å². The van der Waals surface area contributed by atoms with Gasteiger partial charge in [-0.25, -0.2) is 0 Å². The van der Waals surface area contributed by atoms with Gasteiger partial charge in [0.05, 0.1) is 5.92 Å². The number of pyridine rings is 1. The standard InChI is InChI=1S/C31H42N4O4/c1-6-28(36)34-15-11-23(12-16-34)31(5)26(30(38)32-20-25-21(3)19-22(4)33-29(25)37)9-8-10-27(31)35(7-2)24-13-17-39-18-14-24/h6,8-11,19,24,26H,1,7,12-18,20H2,2-5H3,(H,32,38)(H,33,37). The molecule has 0 spiro atoms. The van der Waals surface area contributed by atoms with E-state index in [-0.39, 0.29) is 23.9 Å². The third-order valence-corrected chi connectivity index (χ3v) is 8.57. The molecular formula is C31H42N4O4. The van der Waals surface area contributed by atoms with Crippen LogP contribution in [0.4, 0.5) is 0 Å². The summed E-state index contributed by atoms with van der Waals surface area (Å²) in [6.45, 7) is 15.2. The summed E-state index contributed by atoms with van der Waals surface area (Å²) in [5.74, 6) is -0.670. The van der Waals surface area contributed by atoms with E-state index in [1.807, 2.05) is 32.1 Å². The van der Waals surface area contributed by atoms with Gasteiger partial charge in [0.15, 0.2) is 0 Å². The number of aryl methyl sites for hydroxylation is 2. The fourth-order valence-electron chi connectivity index (χ4n) is 6.37. The summed E-state index contributed by atoms with van der Waals surface area (Å²) in [4.78, 5) is 45.9. The summed E-state index contributed by atoms with van der Waals surface area (Å²) in [7, 11) is 0. The number of hydrogen-bond donors (Lipinski definition) is 2. The van der Waals surface area contributed by atoms with Gasteiger partial charge in [-0.15, -0.1) is 0 Å². The van der Waals surface area contributed by atoms with Gasteiger partial charge >= 0.3 is 0 Å². The van der Waals surface area contributed by atoms with Gasteiger partial charge in [0.2, 0.25) is 11.8 Å².